The molecule has 0 aliphatic heterocycles. The van der Waals surface area contributed by atoms with Gasteiger partial charge in [-0.3, -0.25) is 0 Å². The number of nitrogens with one attached hydrogen (secondary N) is 1. The number of hydrogen-bond acceptors (Lipinski definition) is 3. The van der Waals surface area contributed by atoms with Crippen LogP contribution in [0.3, 0.4) is 0 Å². The summed E-state index contributed by atoms with van der Waals surface area (Å²) in [6.45, 7) is 0.642. The molecule has 5 heteroatoms. The molecule has 0 spiro atoms. The van der Waals surface area contributed by atoms with E-state index in [9.17, 15) is 13.6 Å². The van der Waals surface area contributed by atoms with Crippen molar-refractivity contribution in [2.75, 3.05) is 19.0 Å². The van der Waals surface area contributed by atoms with Crippen molar-refractivity contribution in [1.29, 1.82) is 0 Å². The number of methoxy groups -OCH3 is 1. The van der Waals surface area contributed by atoms with Gasteiger partial charge in [0.2, 0.25) is 0 Å². The number of esters is 1. The number of ether oxygens (including phenoxy) is 1. The van der Waals surface area contributed by atoms with Crippen molar-refractivity contribution < 1.29 is 18.3 Å². The maximum atomic E-state index is 13.7. The highest BCUT2D eigenvalue weighted by Gasteiger charge is 2.18. The van der Waals surface area contributed by atoms with Gasteiger partial charge in [-0.05, 0) is 24.8 Å². The molecule has 1 saturated carbocycles. The number of rotatable bonds is 4. The van der Waals surface area contributed by atoms with Crippen LogP contribution in [0, 0.1) is 17.6 Å². The topological polar surface area (TPSA) is 38.3 Å². The summed E-state index contributed by atoms with van der Waals surface area (Å²) in [7, 11) is 1.17. The van der Waals surface area contributed by atoms with E-state index in [-0.39, 0.29) is 11.3 Å². The summed E-state index contributed by atoms with van der Waals surface area (Å²) in [4.78, 5) is 11.4. The van der Waals surface area contributed by atoms with Gasteiger partial charge in [0.25, 0.3) is 0 Å². The fraction of sp³-hybridized carbons (Fsp3) is 0.533. The number of halogens is 2. The fourth-order valence-corrected chi connectivity index (χ4v) is 2.60. The first-order valence-corrected chi connectivity index (χ1v) is 6.93. The second-order valence-electron chi connectivity index (χ2n) is 5.19. The SMILES string of the molecule is COC(=O)c1cc(NCC2CCCCC2)c(F)cc1F. The lowest BCUT2D eigenvalue weighted by Crippen LogP contribution is -2.18. The summed E-state index contributed by atoms with van der Waals surface area (Å²) < 4.78 is 31.7. The Morgan fingerprint density at radius 3 is 2.60 bits per heavy atom. The second-order valence-corrected chi connectivity index (χ2v) is 5.19. The van der Waals surface area contributed by atoms with Crippen molar-refractivity contribution in [3.63, 3.8) is 0 Å². The number of carbonyl (C=O) groups excluding carboxylic acids is 1. The van der Waals surface area contributed by atoms with Crippen molar-refractivity contribution in [2.24, 2.45) is 5.92 Å². The standard InChI is InChI=1S/C15H19F2NO2/c1-20-15(19)11-7-14(13(17)8-12(11)16)18-9-10-5-3-2-4-6-10/h7-8,10,18H,2-6,9H2,1H3. The van der Waals surface area contributed by atoms with E-state index in [0.717, 1.165) is 18.9 Å². The van der Waals surface area contributed by atoms with E-state index in [0.29, 0.717) is 12.5 Å². The molecule has 0 unspecified atom stereocenters. The van der Waals surface area contributed by atoms with Crippen LogP contribution in [0.25, 0.3) is 0 Å². The normalized spacial score (nSPS) is 15.9. The van der Waals surface area contributed by atoms with Crippen LogP contribution in [0.5, 0.6) is 0 Å². The Morgan fingerprint density at radius 2 is 1.95 bits per heavy atom. The smallest absolute Gasteiger partial charge is 0.340 e. The molecule has 0 amide bonds. The molecule has 1 aliphatic carbocycles. The zero-order chi connectivity index (χ0) is 14.5. The van der Waals surface area contributed by atoms with Crippen LogP contribution in [0.15, 0.2) is 12.1 Å². The highest BCUT2D eigenvalue weighted by Crippen LogP contribution is 2.25. The summed E-state index contributed by atoms with van der Waals surface area (Å²) in [6, 6.07) is 1.90. The minimum absolute atomic E-state index is 0.150. The van der Waals surface area contributed by atoms with Gasteiger partial charge in [-0.15, -0.1) is 0 Å². The molecule has 2 rings (SSSR count). The number of hydrogen-bond donors (Lipinski definition) is 1. The lowest BCUT2D eigenvalue weighted by Gasteiger charge is -2.22. The Kier molecular flexibility index (Phi) is 4.93. The zero-order valence-electron chi connectivity index (χ0n) is 11.5. The molecule has 0 bridgehead atoms. The molecule has 1 N–H and O–H groups in total. The largest absolute Gasteiger partial charge is 0.465 e. The quantitative estimate of drug-likeness (QED) is 0.855. The number of carbonyl (C=O) groups is 1. The van der Waals surface area contributed by atoms with Crippen LogP contribution < -0.4 is 5.32 Å². The van der Waals surface area contributed by atoms with Gasteiger partial charge in [0.1, 0.15) is 11.6 Å². The summed E-state index contributed by atoms with van der Waals surface area (Å²) in [5.41, 5.74) is -0.0996. The van der Waals surface area contributed by atoms with Crippen LogP contribution in [0.1, 0.15) is 42.5 Å². The molecule has 0 heterocycles. The zero-order valence-corrected chi connectivity index (χ0v) is 11.5. The Balaban J connectivity index is 2.08. The highest BCUT2D eigenvalue weighted by molar-refractivity contribution is 5.90. The Bertz CT molecular complexity index is 485. The molecular formula is C15H19F2NO2. The lowest BCUT2D eigenvalue weighted by molar-refractivity contribution is 0.0595. The molecule has 1 fully saturated rings. The van der Waals surface area contributed by atoms with Crippen molar-refractivity contribution >= 4 is 11.7 Å². The molecule has 0 saturated heterocycles. The van der Waals surface area contributed by atoms with E-state index in [4.69, 9.17) is 0 Å². The monoisotopic (exact) mass is 283 g/mol. The molecule has 1 aromatic rings. The van der Waals surface area contributed by atoms with E-state index in [1.807, 2.05) is 0 Å². The molecule has 1 aliphatic rings. The minimum atomic E-state index is -0.905. The van der Waals surface area contributed by atoms with Crippen molar-refractivity contribution in [3.05, 3.63) is 29.3 Å². The molecule has 1 aromatic carbocycles. The average Bonchev–Trinajstić information content (AvgIpc) is 2.46. The van der Waals surface area contributed by atoms with Crippen molar-refractivity contribution in [3.8, 4) is 0 Å². The molecular weight excluding hydrogens is 264 g/mol. The van der Waals surface area contributed by atoms with Crippen molar-refractivity contribution in [1.82, 2.24) is 0 Å². The lowest BCUT2D eigenvalue weighted by atomic mass is 9.89. The van der Waals surface area contributed by atoms with Gasteiger partial charge in [-0.1, -0.05) is 19.3 Å². The Morgan fingerprint density at radius 1 is 1.25 bits per heavy atom. The predicted octanol–water partition coefficient (Wildman–Crippen LogP) is 3.74. The first kappa shape index (κ1) is 14.8. The van der Waals surface area contributed by atoms with Gasteiger partial charge < -0.3 is 10.1 Å². The van der Waals surface area contributed by atoms with Gasteiger partial charge >= 0.3 is 5.97 Å². The van der Waals surface area contributed by atoms with Crippen LogP contribution in [-0.4, -0.2) is 19.6 Å². The van der Waals surface area contributed by atoms with Gasteiger partial charge in [0.05, 0.1) is 18.4 Å². The fourth-order valence-electron chi connectivity index (χ4n) is 2.60. The second kappa shape index (κ2) is 6.68. The molecule has 3 nitrogen and oxygen atoms in total. The number of benzene rings is 1. The van der Waals surface area contributed by atoms with Crippen LogP contribution in [0.2, 0.25) is 0 Å². The van der Waals surface area contributed by atoms with Crippen molar-refractivity contribution in [2.45, 2.75) is 32.1 Å². The van der Waals surface area contributed by atoms with Gasteiger partial charge in [-0.2, -0.15) is 0 Å². The van der Waals surface area contributed by atoms with E-state index in [2.05, 4.69) is 10.1 Å². The predicted molar refractivity (Wildman–Crippen MR) is 72.8 cm³/mol. The maximum Gasteiger partial charge on any atom is 0.340 e. The van der Waals surface area contributed by atoms with Crippen LogP contribution in [-0.2, 0) is 4.74 Å². The van der Waals surface area contributed by atoms with Gasteiger partial charge in [-0.25, -0.2) is 13.6 Å². The third-order valence-corrected chi connectivity index (χ3v) is 3.77. The summed E-state index contributed by atoms with van der Waals surface area (Å²) in [5.74, 6) is -1.89. The first-order chi connectivity index (χ1) is 9.61. The highest BCUT2D eigenvalue weighted by atomic mass is 19.1. The Hall–Kier alpha value is -1.65. The molecule has 0 aromatic heterocycles. The van der Waals surface area contributed by atoms with E-state index >= 15 is 0 Å². The summed E-state index contributed by atoms with van der Waals surface area (Å²) in [5, 5.41) is 2.98. The Labute approximate surface area is 117 Å². The third kappa shape index (κ3) is 3.46. The van der Waals surface area contributed by atoms with Crippen LogP contribution in [0.4, 0.5) is 14.5 Å². The molecule has 110 valence electrons. The minimum Gasteiger partial charge on any atom is -0.465 e. The van der Waals surface area contributed by atoms with E-state index < -0.39 is 17.6 Å². The molecule has 20 heavy (non-hydrogen) atoms. The van der Waals surface area contributed by atoms with E-state index in [1.165, 1.54) is 32.4 Å². The first-order valence-electron chi connectivity index (χ1n) is 6.93. The summed E-state index contributed by atoms with van der Waals surface area (Å²) >= 11 is 0. The van der Waals surface area contributed by atoms with Crippen LogP contribution >= 0.6 is 0 Å². The van der Waals surface area contributed by atoms with Gasteiger partial charge in [0, 0.05) is 12.6 Å². The molecule has 0 atom stereocenters. The number of anilines is 1. The molecule has 0 radical (unpaired) electrons. The summed E-state index contributed by atoms with van der Waals surface area (Å²) in [6.07, 6.45) is 5.91. The third-order valence-electron chi connectivity index (χ3n) is 3.77. The average molecular weight is 283 g/mol. The maximum absolute atomic E-state index is 13.7. The van der Waals surface area contributed by atoms with Gasteiger partial charge in [0.15, 0.2) is 0 Å². The van der Waals surface area contributed by atoms with E-state index in [1.54, 1.807) is 0 Å².